The fourth-order valence-corrected chi connectivity index (χ4v) is 10.4. The molecule has 1 aliphatic rings. The maximum atomic E-state index is 11.5. The first-order valence-corrected chi connectivity index (χ1v) is 13.5. The first kappa shape index (κ1) is 21.7. The summed E-state index contributed by atoms with van der Waals surface area (Å²) in [6, 6.07) is 0. The predicted octanol–water partition coefficient (Wildman–Crippen LogP) is 1.03. The average Bonchev–Trinajstić information content (AvgIpc) is 2.78. The van der Waals surface area contributed by atoms with Crippen LogP contribution in [0.5, 0.6) is 0 Å². The Bertz CT molecular complexity index is 388. The fourth-order valence-electron chi connectivity index (χ4n) is 2.96. The number of carbonyl (C=O) groups excluding carboxylic acids is 1. The first-order valence-electron chi connectivity index (χ1n) is 8.29. The van der Waals surface area contributed by atoms with Crippen molar-refractivity contribution in [2.45, 2.75) is 78.6 Å². The molecule has 1 aliphatic heterocycles. The molecule has 0 spiro atoms. The molecule has 0 aromatic carbocycles. The second-order valence-corrected chi connectivity index (χ2v) is 12.8. The van der Waals surface area contributed by atoms with Crippen molar-refractivity contribution in [3.63, 3.8) is 0 Å². The molecule has 0 aromatic heterocycles. The van der Waals surface area contributed by atoms with Crippen LogP contribution in [-0.2, 0) is 0 Å². The molecule has 1 unspecified atom stereocenters. The largest absolute Gasteiger partial charge is 1.00 e. The van der Waals surface area contributed by atoms with Crippen LogP contribution in [0.3, 0.4) is 0 Å². The van der Waals surface area contributed by atoms with Crippen molar-refractivity contribution in [1.82, 2.24) is 0 Å². The van der Waals surface area contributed by atoms with Crippen molar-refractivity contribution in [2.24, 2.45) is 0 Å². The Morgan fingerprint density at radius 2 is 1.52 bits per heavy atom. The molecule has 1 atom stereocenters. The van der Waals surface area contributed by atoms with E-state index < -0.39 is 23.7 Å². The number of rotatable bonds is 10. The summed E-state index contributed by atoms with van der Waals surface area (Å²) in [6.45, 7) is 6.58. The van der Waals surface area contributed by atoms with Gasteiger partial charge in [-0.3, -0.25) is 0 Å². The molecule has 0 aliphatic carbocycles. The molecule has 0 fully saturated rings. The van der Waals surface area contributed by atoms with E-state index in [0.717, 1.165) is 32.1 Å². The molecule has 0 saturated heterocycles. The number of unbranched alkanes of at least 4 members (excludes halogenated alkanes) is 3. The third kappa shape index (κ3) is 6.80. The Kier molecular flexibility index (Phi) is 12.6. The SMILES string of the molecule is CCCCC1=[CH][SnH]([C](=O)[O-])[C](CCCC)=C1CCCC.[Na+]. The van der Waals surface area contributed by atoms with Gasteiger partial charge in [0.15, 0.2) is 0 Å². The van der Waals surface area contributed by atoms with Gasteiger partial charge in [0.05, 0.1) is 0 Å². The van der Waals surface area contributed by atoms with E-state index in [4.69, 9.17) is 0 Å². The summed E-state index contributed by atoms with van der Waals surface area (Å²) in [7, 11) is 0. The minimum atomic E-state index is -2.76. The van der Waals surface area contributed by atoms with Gasteiger partial charge in [-0.25, -0.2) is 0 Å². The molecular weight excluding hydrogens is 378 g/mol. The van der Waals surface area contributed by atoms with Gasteiger partial charge in [0.1, 0.15) is 0 Å². The van der Waals surface area contributed by atoms with Gasteiger partial charge in [-0.2, -0.15) is 0 Å². The Labute approximate surface area is 159 Å². The van der Waals surface area contributed by atoms with Gasteiger partial charge in [0, 0.05) is 0 Å². The molecule has 1 rings (SSSR count). The van der Waals surface area contributed by atoms with Crippen molar-refractivity contribution >= 4 is 23.7 Å². The number of allylic oxidation sites excluding steroid dienone is 3. The third-order valence-electron chi connectivity index (χ3n) is 4.15. The van der Waals surface area contributed by atoms with E-state index in [9.17, 15) is 9.90 Å². The molecule has 0 amide bonds. The van der Waals surface area contributed by atoms with E-state index in [1.54, 1.807) is 0 Å². The van der Waals surface area contributed by atoms with E-state index in [0.29, 0.717) is 0 Å². The van der Waals surface area contributed by atoms with E-state index in [2.05, 4.69) is 24.9 Å². The summed E-state index contributed by atoms with van der Waals surface area (Å²) < 4.78 is 2.83. The van der Waals surface area contributed by atoms with Gasteiger partial charge < -0.3 is 0 Å². The summed E-state index contributed by atoms with van der Waals surface area (Å²) in [4.78, 5) is 11.5. The summed E-state index contributed by atoms with van der Waals surface area (Å²) in [5.41, 5.74) is 2.83. The normalized spacial score (nSPS) is 17.7. The van der Waals surface area contributed by atoms with Gasteiger partial charge in [0.2, 0.25) is 0 Å². The Morgan fingerprint density at radius 3 is 2.05 bits per heavy atom. The van der Waals surface area contributed by atoms with Crippen molar-refractivity contribution in [3.8, 4) is 0 Å². The van der Waals surface area contributed by atoms with Crippen LogP contribution in [0.1, 0.15) is 78.6 Å². The minimum absolute atomic E-state index is 0. The number of carbonyl (C=O) groups is 1. The first-order chi connectivity index (χ1) is 9.65. The average molecular weight is 407 g/mol. The van der Waals surface area contributed by atoms with Gasteiger partial charge in [0.25, 0.3) is 0 Å². The fraction of sp³-hybridized carbons (Fsp3) is 0.706. The van der Waals surface area contributed by atoms with Gasteiger partial charge in [-0.05, 0) is 0 Å². The van der Waals surface area contributed by atoms with Crippen molar-refractivity contribution in [1.29, 1.82) is 0 Å². The van der Waals surface area contributed by atoms with E-state index >= 15 is 0 Å². The number of carboxylic acid groups (broad SMARTS) is 1. The summed E-state index contributed by atoms with van der Waals surface area (Å²) >= 11 is -2.76. The van der Waals surface area contributed by atoms with Gasteiger partial charge in [-0.1, -0.05) is 0 Å². The molecule has 114 valence electrons. The van der Waals surface area contributed by atoms with Crippen LogP contribution in [0.2, 0.25) is 0 Å². The molecular formula is C17H29NaO2Sn. The van der Waals surface area contributed by atoms with Crippen LogP contribution in [0.15, 0.2) is 18.8 Å². The summed E-state index contributed by atoms with van der Waals surface area (Å²) in [5.74, 6) is 0. The summed E-state index contributed by atoms with van der Waals surface area (Å²) in [5, 5.41) is 11.5. The predicted molar refractivity (Wildman–Crippen MR) is 86.2 cm³/mol. The number of hydrogen-bond donors (Lipinski definition) is 0. The molecule has 1 heterocycles. The molecule has 0 radical (unpaired) electrons. The zero-order valence-electron chi connectivity index (χ0n) is 14.3. The molecule has 0 aromatic rings. The monoisotopic (exact) mass is 408 g/mol. The van der Waals surface area contributed by atoms with Crippen LogP contribution >= 0.6 is 0 Å². The van der Waals surface area contributed by atoms with Crippen molar-refractivity contribution < 1.29 is 39.5 Å². The van der Waals surface area contributed by atoms with Crippen LogP contribution in [0.25, 0.3) is 0 Å². The molecule has 0 N–H and O–H groups in total. The summed E-state index contributed by atoms with van der Waals surface area (Å²) in [6.07, 6.45) is 10.1. The van der Waals surface area contributed by atoms with E-state index in [-0.39, 0.29) is 29.6 Å². The smallest absolute Gasteiger partial charge is 1.00 e. The minimum Gasteiger partial charge on any atom is 1.00 e. The van der Waals surface area contributed by atoms with Gasteiger partial charge in [-0.15, -0.1) is 0 Å². The maximum absolute atomic E-state index is 11.5. The quantitative estimate of drug-likeness (QED) is 0.508. The molecule has 0 bridgehead atoms. The third-order valence-corrected chi connectivity index (χ3v) is 11.7. The Balaban J connectivity index is 0.00000400. The standard InChI is InChI=1S/C16H28.CO2.Na.Sn.H/c1-5-8-11-14-16(13-10-7-3)15(4)12-9-6-2;2-1-3;;;/h4H,5-13H2,1-3H3;;;;/q;-1;+1;;. The molecule has 4 heteroatoms. The zero-order chi connectivity index (χ0) is 15.0. The van der Waals surface area contributed by atoms with Crippen LogP contribution < -0.4 is 34.7 Å². The molecule has 21 heavy (non-hydrogen) atoms. The Hall–Kier alpha value is 0.749. The van der Waals surface area contributed by atoms with E-state index in [1.165, 1.54) is 40.4 Å². The second-order valence-electron chi connectivity index (χ2n) is 5.80. The Morgan fingerprint density at radius 1 is 1.00 bits per heavy atom. The number of hydrogen-bond acceptors (Lipinski definition) is 2. The van der Waals surface area contributed by atoms with E-state index in [1.807, 2.05) is 0 Å². The zero-order valence-corrected chi connectivity index (χ0v) is 19.6. The van der Waals surface area contributed by atoms with Crippen molar-refractivity contribution in [3.05, 3.63) is 18.8 Å². The van der Waals surface area contributed by atoms with Crippen LogP contribution in [-0.4, -0.2) is 23.7 Å². The molecule has 2 nitrogen and oxygen atoms in total. The van der Waals surface area contributed by atoms with Crippen LogP contribution in [0.4, 0.5) is 4.79 Å². The second kappa shape index (κ2) is 12.2. The van der Waals surface area contributed by atoms with Gasteiger partial charge >= 0.3 is 161 Å². The van der Waals surface area contributed by atoms with Crippen molar-refractivity contribution in [2.75, 3.05) is 0 Å². The topological polar surface area (TPSA) is 40.1 Å². The van der Waals surface area contributed by atoms with Crippen LogP contribution in [0, 0.1) is 0 Å². The molecule has 0 saturated carbocycles. The maximum Gasteiger partial charge on any atom is 1.00 e.